The first kappa shape index (κ1) is 28.3. The van der Waals surface area contributed by atoms with Crippen LogP contribution < -0.4 is 14.8 Å². The van der Waals surface area contributed by atoms with E-state index in [9.17, 15) is 13.2 Å². The van der Waals surface area contributed by atoms with Gasteiger partial charge in [0.05, 0.1) is 32.2 Å². The minimum Gasteiger partial charge on any atom is -0.476 e. The van der Waals surface area contributed by atoms with Crippen LogP contribution >= 0.6 is 0 Å². The summed E-state index contributed by atoms with van der Waals surface area (Å²) in [6.07, 6.45) is 0.872. The van der Waals surface area contributed by atoms with Crippen LogP contribution in [0.1, 0.15) is 67.3 Å². The van der Waals surface area contributed by atoms with E-state index in [1.54, 1.807) is 0 Å². The summed E-state index contributed by atoms with van der Waals surface area (Å²) in [6, 6.07) is 12.2. The summed E-state index contributed by atoms with van der Waals surface area (Å²) in [5, 5.41) is 7.06. The average molecular weight is 567 g/mol. The maximum absolute atomic E-state index is 13.2. The second-order valence-electron chi connectivity index (χ2n) is 11.2. The van der Waals surface area contributed by atoms with Gasteiger partial charge in [0.1, 0.15) is 6.61 Å². The molecule has 0 spiro atoms. The van der Waals surface area contributed by atoms with E-state index in [0.717, 1.165) is 40.8 Å². The highest BCUT2D eigenvalue weighted by Crippen LogP contribution is 2.35. The van der Waals surface area contributed by atoms with Crippen molar-refractivity contribution in [3.05, 3.63) is 64.2 Å². The lowest BCUT2D eigenvalue weighted by molar-refractivity contribution is -0.118. The summed E-state index contributed by atoms with van der Waals surface area (Å²) >= 11 is 0. The minimum absolute atomic E-state index is 0.0269. The van der Waals surface area contributed by atoms with E-state index in [2.05, 4.69) is 73.2 Å². The molecule has 40 heavy (non-hydrogen) atoms. The highest BCUT2D eigenvalue weighted by Gasteiger charge is 2.28. The van der Waals surface area contributed by atoms with Gasteiger partial charge < -0.3 is 14.8 Å². The van der Waals surface area contributed by atoms with Crippen LogP contribution in [-0.4, -0.2) is 50.4 Å². The molecule has 1 aromatic heterocycles. The van der Waals surface area contributed by atoms with Gasteiger partial charge >= 0.3 is 0 Å². The van der Waals surface area contributed by atoms with Gasteiger partial charge in [-0.15, -0.1) is 0 Å². The van der Waals surface area contributed by atoms with E-state index in [1.807, 2.05) is 7.05 Å². The van der Waals surface area contributed by atoms with Crippen molar-refractivity contribution in [1.29, 1.82) is 0 Å². The Labute approximate surface area is 236 Å². The van der Waals surface area contributed by atoms with Crippen molar-refractivity contribution in [1.82, 2.24) is 19.8 Å². The average Bonchev–Trinajstić information content (AvgIpc) is 3.37. The van der Waals surface area contributed by atoms with Gasteiger partial charge in [0.2, 0.25) is 16.8 Å². The smallest absolute Gasteiger partial charge is 0.283 e. The van der Waals surface area contributed by atoms with Crippen LogP contribution in [0.2, 0.25) is 0 Å². The third-order valence-electron chi connectivity index (χ3n) is 7.69. The molecule has 0 aliphatic carbocycles. The number of amides is 1. The van der Waals surface area contributed by atoms with Gasteiger partial charge in [0, 0.05) is 6.07 Å². The lowest BCUT2D eigenvalue weighted by Gasteiger charge is -2.23. The molecule has 1 atom stereocenters. The Balaban J connectivity index is 1.42. The fraction of sp³-hybridized carbons (Fsp3) is 0.467. The van der Waals surface area contributed by atoms with Crippen LogP contribution in [0.3, 0.4) is 0 Å². The van der Waals surface area contributed by atoms with Crippen LogP contribution in [0, 0.1) is 0 Å². The first-order valence-corrected chi connectivity index (χ1v) is 15.3. The highest BCUT2D eigenvalue weighted by atomic mass is 32.2. The van der Waals surface area contributed by atoms with Crippen molar-refractivity contribution < 1.29 is 22.7 Å². The Morgan fingerprint density at radius 1 is 1.05 bits per heavy atom. The third-order valence-corrected chi connectivity index (χ3v) is 8.94. The number of fused-ring (bicyclic) bond motifs is 2. The number of likely N-dealkylation sites (N-methyl/N-ethyl adjacent to an activating group) is 1. The zero-order valence-corrected chi connectivity index (χ0v) is 24.6. The lowest BCUT2D eigenvalue weighted by Crippen LogP contribution is -2.39. The molecule has 0 unspecified atom stereocenters. The van der Waals surface area contributed by atoms with Gasteiger partial charge in [0.15, 0.2) is 0 Å². The molecular formula is C30H38N4O5S. The summed E-state index contributed by atoms with van der Waals surface area (Å²) in [5.41, 5.74) is 7.66. The molecule has 0 fully saturated rings. The normalized spacial score (nSPS) is 16.9. The van der Waals surface area contributed by atoms with Crippen molar-refractivity contribution in [2.45, 2.75) is 76.6 Å². The number of aromatic nitrogens is 2. The van der Waals surface area contributed by atoms with Crippen molar-refractivity contribution in [2.75, 3.05) is 20.3 Å². The fourth-order valence-electron chi connectivity index (χ4n) is 5.44. The van der Waals surface area contributed by atoms with Crippen molar-refractivity contribution in [3.63, 3.8) is 0 Å². The molecule has 3 aromatic rings. The molecule has 0 saturated heterocycles. The topological polar surface area (TPSA) is 112 Å². The van der Waals surface area contributed by atoms with Crippen LogP contribution in [0.25, 0.3) is 11.1 Å². The number of nitrogens with one attached hydrogen (secondary N) is 2. The number of hydrogen-bond donors (Lipinski definition) is 2. The standard InChI is InChI=1S/C30H38N4O5S/c1-18(2)25-11-22(21-7-6-20-8-9-38-16-23(20)10-21)12-26(19(3)4)27(25)13-28(35)33-40(36,37)29-14-30-34(32-29)15-24(31-5)17-39-30/h6-7,10-12,14,18-19,24,31H,8-9,13,15-17H2,1-5H3,(H,33,35)/t24-/m0/s1. The maximum atomic E-state index is 13.2. The highest BCUT2D eigenvalue weighted by molar-refractivity contribution is 7.90. The molecular weight excluding hydrogens is 528 g/mol. The second-order valence-corrected chi connectivity index (χ2v) is 12.9. The number of nitrogens with zero attached hydrogens (tertiary/aromatic N) is 2. The van der Waals surface area contributed by atoms with Gasteiger partial charge in [0.25, 0.3) is 10.0 Å². The van der Waals surface area contributed by atoms with Crippen molar-refractivity contribution in [2.24, 2.45) is 0 Å². The van der Waals surface area contributed by atoms with Crippen molar-refractivity contribution >= 4 is 15.9 Å². The van der Waals surface area contributed by atoms with E-state index in [-0.39, 0.29) is 29.3 Å². The Bertz CT molecular complexity index is 1500. The summed E-state index contributed by atoms with van der Waals surface area (Å²) in [5.74, 6) is 0.0419. The van der Waals surface area contributed by atoms with E-state index < -0.39 is 15.9 Å². The number of hydrogen-bond acceptors (Lipinski definition) is 7. The van der Waals surface area contributed by atoms with E-state index in [1.165, 1.54) is 21.9 Å². The van der Waals surface area contributed by atoms with E-state index >= 15 is 0 Å². The second kappa shape index (κ2) is 11.3. The van der Waals surface area contributed by atoms with Crippen LogP contribution in [0.5, 0.6) is 5.88 Å². The van der Waals surface area contributed by atoms with E-state index in [0.29, 0.717) is 25.6 Å². The van der Waals surface area contributed by atoms with Crippen LogP contribution in [0.4, 0.5) is 0 Å². The molecule has 214 valence electrons. The predicted molar refractivity (Wildman–Crippen MR) is 153 cm³/mol. The molecule has 10 heteroatoms. The monoisotopic (exact) mass is 566 g/mol. The lowest BCUT2D eigenvalue weighted by atomic mass is 9.83. The molecule has 0 bridgehead atoms. The largest absolute Gasteiger partial charge is 0.476 e. The van der Waals surface area contributed by atoms with Gasteiger partial charge in [-0.1, -0.05) is 52.0 Å². The van der Waals surface area contributed by atoms with Gasteiger partial charge in [-0.3, -0.25) is 4.79 Å². The van der Waals surface area contributed by atoms with Gasteiger partial charge in [-0.05, 0) is 70.3 Å². The van der Waals surface area contributed by atoms with E-state index in [4.69, 9.17) is 9.47 Å². The summed E-state index contributed by atoms with van der Waals surface area (Å²) in [7, 11) is -2.36. The zero-order valence-electron chi connectivity index (χ0n) is 23.8. The minimum atomic E-state index is -4.17. The number of carbonyl (C=O) groups excluding carboxylic acids is 1. The SMILES string of the molecule is CN[C@@H]1COc2cc(S(=O)(=O)NC(=O)Cc3c(C(C)C)cc(-c4ccc5c(c4)COCC5)cc3C(C)C)nn2C1. The molecule has 2 aliphatic heterocycles. The maximum Gasteiger partial charge on any atom is 0.283 e. The van der Waals surface area contributed by atoms with Gasteiger partial charge in [-0.2, -0.15) is 13.5 Å². The first-order valence-electron chi connectivity index (χ1n) is 13.9. The fourth-order valence-corrected chi connectivity index (χ4v) is 6.38. The number of carbonyl (C=O) groups is 1. The molecule has 5 rings (SSSR count). The number of rotatable bonds is 8. The molecule has 1 amide bonds. The Kier molecular flexibility index (Phi) is 8.03. The number of sulfonamides is 1. The Morgan fingerprint density at radius 3 is 2.45 bits per heavy atom. The summed E-state index contributed by atoms with van der Waals surface area (Å²) in [4.78, 5) is 13.2. The molecule has 0 radical (unpaired) electrons. The number of benzene rings is 2. The molecule has 2 aromatic carbocycles. The third kappa shape index (κ3) is 5.80. The Morgan fingerprint density at radius 2 is 1.77 bits per heavy atom. The molecule has 9 nitrogen and oxygen atoms in total. The molecule has 2 aliphatic rings. The van der Waals surface area contributed by atoms with Crippen molar-refractivity contribution in [3.8, 4) is 17.0 Å². The molecule has 0 saturated carbocycles. The summed E-state index contributed by atoms with van der Waals surface area (Å²) < 4.78 is 41.2. The molecule has 2 N–H and O–H groups in total. The van der Waals surface area contributed by atoms with Crippen LogP contribution in [0.15, 0.2) is 41.4 Å². The predicted octanol–water partition coefficient (Wildman–Crippen LogP) is 3.90. The van der Waals surface area contributed by atoms with Gasteiger partial charge in [-0.25, -0.2) is 9.40 Å². The molecule has 3 heterocycles. The van der Waals surface area contributed by atoms with Crippen LogP contribution in [-0.2, 0) is 45.5 Å². The quantitative estimate of drug-likeness (QED) is 0.425. The first-order chi connectivity index (χ1) is 19.1. The summed E-state index contributed by atoms with van der Waals surface area (Å²) in [6.45, 7) is 10.6. The Hall–Kier alpha value is -3.21. The zero-order chi connectivity index (χ0) is 28.6. The number of ether oxygens (including phenoxy) is 2.